The molecule has 3 N–H and O–H groups in total. The fourth-order valence-electron chi connectivity index (χ4n) is 1.48. The van der Waals surface area contributed by atoms with Gasteiger partial charge in [-0.2, -0.15) is 0 Å². The summed E-state index contributed by atoms with van der Waals surface area (Å²) in [6.45, 7) is 7.13. The van der Waals surface area contributed by atoms with Crippen LogP contribution in [-0.4, -0.2) is 19.0 Å². The number of guanidine groups is 1. The van der Waals surface area contributed by atoms with E-state index in [0.29, 0.717) is 12.5 Å². The molecule has 0 aliphatic heterocycles. The zero-order valence-corrected chi connectivity index (χ0v) is 12.3. The van der Waals surface area contributed by atoms with Gasteiger partial charge in [-0.05, 0) is 37.5 Å². The summed E-state index contributed by atoms with van der Waals surface area (Å²) in [6, 6.07) is 8.35. The summed E-state index contributed by atoms with van der Waals surface area (Å²) in [5.74, 6) is 0.493. The fourth-order valence-corrected chi connectivity index (χ4v) is 1.92. The first-order valence-corrected chi connectivity index (χ1v) is 6.80. The van der Waals surface area contributed by atoms with Crippen molar-refractivity contribution in [2.75, 3.05) is 13.1 Å². The van der Waals surface area contributed by atoms with E-state index >= 15 is 0 Å². The average Bonchev–Trinajstić information content (AvgIpc) is 2.32. The van der Waals surface area contributed by atoms with E-state index < -0.39 is 0 Å². The lowest BCUT2D eigenvalue weighted by Crippen LogP contribution is -2.32. The van der Waals surface area contributed by atoms with Crippen LogP contribution < -0.4 is 11.1 Å². The lowest BCUT2D eigenvalue weighted by Gasteiger charge is -2.06. The third kappa shape index (κ3) is 6.45. The van der Waals surface area contributed by atoms with Gasteiger partial charge in [-0.1, -0.05) is 40.2 Å². The second kappa shape index (κ2) is 7.93. The summed E-state index contributed by atoms with van der Waals surface area (Å²) < 4.78 is 1.12. The van der Waals surface area contributed by atoms with Gasteiger partial charge >= 0.3 is 0 Å². The summed E-state index contributed by atoms with van der Waals surface area (Å²) >= 11 is 3.47. The fraction of sp³-hybridized carbons (Fsp3) is 0.357. The van der Waals surface area contributed by atoms with Crippen molar-refractivity contribution in [3.63, 3.8) is 0 Å². The zero-order valence-electron chi connectivity index (χ0n) is 10.7. The van der Waals surface area contributed by atoms with Gasteiger partial charge < -0.3 is 11.1 Å². The zero-order chi connectivity index (χ0) is 13.4. The number of benzene rings is 1. The van der Waals surface area contributed by atoms with E-state index in [1.807, 2.05) is 13.0 Å². The maximum Gasteiger partial charge on any atom is 0.188 e. The Hall–Kier alpha value is -1.29. The van der Waals surface area contributed by atoms with Crippen molar-refractivity contribution in [1.82, 2.24) is 5.32 Å². The van der Waals surface area contributed by atoms with Crippen LogP contribution in [0.25, 0.3) is 0 Å². The molecule has 0 radical (unpaired) electrons. The van der Waals surface area contributed by atoms with Crippen molar-refractivity contribution >= 4 is 21.9 Å². The normalized spacial score (nSPS) is 11.3. The van der Waals surface area contributed by atoms with Gasteiger partial charge in [0, 0.05) is 11.0 Å². The Kier molecular flexibility index (Phi) is 6.50. The van der Waals surface area contributed by atoms with Crippen molar-refractivity contribution in [2.24, 2.45) is 10.7 Å². The first-order valence-electron chi connectivity index (χ1n) is 6.00. The van der Waals surface area contributed by atoms with Gasteiger partial charge in [-0.25, -0.2) is 4.99 Å². The minimum absolute atomic E-state index is 0.493. The van der Waals surface area contributed by atoms with Crippen LogP contribution in [0.1, 0.15) is 18.9 Å². The van der Waals surface area contributed by atoms with Crippen LogP contribution in [0.5, 0.6) is 0 Å². The van der Waals surface area contributed by atoms with Gasteiger partial charge in [0.2, 0.25) is 0 Å². The molecule has 0 atom stereocenters. The number of nitrogens with zero attached hydrogens (tertiary/aromatic N) is 1. The molecular formula is C14H20BrN3. The van der Waals surface area contributed by atoms with Crippen LogP contribution in [0.4, 0.5) is 0 Å². The molecule has 0 aliphatic rings. The molecule has 0 bridgehead atoms. The van der Waals surface area contributed by atoms with Gasteiger partial charge in [-0.3, -0.25) is 0 Å². The molecular weight excluding hydrogens is 290 g/mol. The maximum absolute atomic E-state index is 5.72. The molecule has 0 amide bonds. The third-order valence-electron chi connectivity index (χ3n) is 2.36. The predicted molar refractivity (Wildman–Crippen MR) is 81.8 cm³/mol. The van der Waals surface area contributed by atoms with Crippen LogP contribution >= 0.6 is 15.9 Å². The van der Waals surface area contributed by atoms with E-state index in [1.165, 1.54) is 5.56 Å². The highest BCUT2D eigenvalue weighted by molar-refractivity contribution is 9.10. The summed E-state index contributed by atoms with van der Waals surface area (Å²) in [5.41, 5.74) is 8.05. The molecule has 0 aliphatic carbocycles. The van der Waals surface area contributed by atoms with Gasteiger partial charge in [0.15, 0.2) is 5.96 Å². The number of aryl methyl sites for hydroxylation is 1. The van der Waals surface area contributed by atoms with Gasteiger partial charge in [0.1, 0.15) is 0 Å². The minimum atomic E-state index is 0.493. The molecule has 1 aromatic carbocycles. The van der Waals surface area contributed by atoms with Crippen LogP contribution in [0.3, 0.4) is 0 Å². The van der Waals surface area contributed by atoms with Gasteiger partial charge in [0.25, 0.3) is 0 Å². The molecule has 0 aromatic heterocycles. The van der Waals surface area contributed by atoms with E-state index in [2.05, 4.69) is 51.0 Å². The van der Waals surface area contributed by atoms with Crippen LogP contribution in [0, 0.1) is 0 Å². The van der Waals surface area contributed by atoms with Gasteiger partial charge in [0.05, 0.1) is 6.54 Å². The first-order chi connectivity index (χ1) is 8.58. The Bertz CT molecular complexity index is 427. The predicted octanol–water partition coefficient (Wildman–Crippen LogP) is 2.86. The Morgan fingerprint density at radius 3 is 2.94 bits per heavy atom. The molecule has 0 unspecified atom stereocenters. The van der Waals surface area contributed by atoms with E-state index in [-0.39, 0.29) is 0 Å². The molecule has 1 rings (SSSR count). The number of aliphatic imine (C=N–C) groups is 1. The van der Waals surface area contributed by atoms with Crippen molar-refractivity contribution in [3.05, 3.63) is 46.5 Å². The topological polar surface area (TPSA) is 50.4 Å². The SMILES string of the molecule is C=C(C)CN=C(N)NCCCc1cccc(Br)c1. The van der Waals surface area contributed by atoms with Crippen LogP contribution in [-0.2, 0) is 6.42 Å². The van der Waals surface area contributed by atoms with E-state index in [1.54, 1.807) is 0 Å². The van der Waals surface area contributed by atoms with Crippen LogP contribution in [0.2, 0.25) is 0 Å². The Morgan fingerprint density at radius 2 is 2.28 bits per heavy atom. The van der Waals surface area contributed by atoms with Gasteiger partial charge in [-0.15, -0.1) is 0 Å². The second-order valence-corrected chi connectivity index (χ2v) is 5.23. The largest absolute Gasteiger partial charge is 0.370 e. The number of nitrogens with two attached hydrogens (primary N) is 1. The molecule has 0 heterocycles. The summed E-state index contributed by atoms with van der Waals surface area (Å²) in [7, 11) is 0. The average molecular weight is 310 g/mol. The standard InChI is InChI=1S/C14H20BrN3/c1-11(2)10-18-14(16)17-8-4-6-12-5-3-7-13(15)9-12/h3,5,7,9H,1,4,6,8,10H2,2H3,(H3,16,17,18). The number of nitrogens with one attached hydrogen (secondary N) is 1. The smallest absolute Gasteiger partial charge is 0.188 e. The van der Waals surface area contributed by atoms with E-state index in [4.69, 9.17) is 5.73 Å². The quantitative estimate of drug-likeness (QED) is 0.367. The number of hydrogen-bond acceptors (Lipinski definition) is 1. The molecule has 3 nitrogen and oxygen atoms in total. The Labute approximate surface area is 117 Å². The van der Waals surface area contributed by atoms with Crippen molar-refractivity contribution in [2.45, 2.75) is 19.8 Å². The molecule has 1 aromatic rings. The number of rotatable bonds is 6. The molecule has 0 saturated carbocycles. The molecule has 0 fully saturated rings. The lowest BCUT2D eigenvalue weighted by atomic mass is 10.1. The second-order valence-electron chi connectivity index (χ2n) is 4.32. The Morgan fingerprint density at radius 1 is 1.50 bits per heavy atom. The highest BCUT2D eigenvalue weighted by Crippen LogP contribution is 2.12. The lowest BCUT2D eigenvalue weighted by molar-refractivity contribution is 0.767. The van der Waals surface area contributed by atoms with Crippen LogP contribution in [0.15, 0.2) is 45.9 Å². The van der Waals surface area contributed by atoms with E-state index in [9.17, 15) is 0 Å². The molecule has 4 heteroatoms. The maximum atomic E-state index is 5.72. The highest BCUT2D eigenvalue weighted by Gasteiger charge is 1.95. The molecule has 98 valence electrons. The highest BCUT2D eigenvalue weighted by atomic mass is 79.9. The summed E-state index contributed by atoms with van der Waals surface area (Å²) in [6.07, 6.45) is 2.06. The summed E-state index contributed by atoms with van der Waals surface area (Å²) in [5, 5.41) is 3.10. The van der Waals surface area contributed by atoms with Crippen molar-refractivity contribution < 1.29 is 0 Å². The van der Waals surface area contributed by atoms with E-state index in [0.717, 1.165) is 29.4 Å². The molecule has 18 heavy (non-hydrogen) atoms. The molecule has 0 spiro atoms. The third-order valence-corrected chi connectivity index (χ3v) is 2.85. The van der Waals surface area contributed by atoms with Crippen molar-refractivity contribution in [3.8, 4) is 0 Å². The summed E-state index contributed by atoms with van der Waals surface area (Å²) in [4.78, 5) is 4.16. The number of hydrogen-bond donors (Lipinski definition) is 2. The van der Waals surface area contributed by atoms with Crippen molar-refractivity contribution in [1.29, 1.82) is 0 Å². The minimum Gasteiger partial charge on any atom is -0.370 e. The molecule has 0 saturated heterocycles. The Balaban J connectivity index is 2.22. The first kappa shape index (κ1) is 14.8. The monoisotopic (exact) mass is 309 g/mol. The number of halogens is 1.